The van der Waals surface area contributed by atoms with Crippen LogP contribution in [0.4, 0.5) is 13.2 Å². The van der Waals surface area contributed by atoms with Crippen LogP contribution in [0.2, 0.25) is 0 Å². The summed E-state index contributed by atoms with van der Waals surface area (Å²) in [5.74, 6) is -3.66. The van der Waals surface area contributed by atoms with Gasteiger partial charge in [0.05, 0.1) is 13.2 Å². The van der Waals surface area contributed by atoms with E-state index in [1.165, 1.54) is 0 Å². The summed E-state index contributed by atoms with van der Waals surface area (Å²) < 4.78 is 40.7. The Kier molecular flexibility index (Phi) is 10.3. The van der Waals surface area contributed by atoms with Crippen LogP contribution in [0.1, 0.15) is 32.6 Å². The second-order valence-electron chi connectivity index (χ2n) is 3.50. The van der Waals surface area contributed by atoms with Gasteiger partial charge in [-0.05, 0) is 6.42 Å². The molecule has 0 aromatic heterocycles. The molecule has 0 aliphatic rings. The summed E-state index contributed by atoms with van der Waals surface area (Å²) in [6.07, 6.45) is -1.93. The fourth-order valence-corrected chi connectivity index (χ4v) is 1.09. The maximum atomic E-state index is 12.1. The monoisotopic (exact) mass is 328 g/mol. The molecular formula is C11H14CuF3NO3. The molecule has 0 unspecified atom stereocenters. The van der Waals surface area contributed by atoms with Gasteiger partial charge in [-0.3, -0.25) is 4.79 Å². The van der Waals surface area contributed by atoms with Gasteiger partial charge in [-0.1, -0.05) is 26.2 Å². The minimum absolute atomic E-state index is 0. The molecule has 0 fully saturated rings. The van der Waals surface area contributed by atoms with Crippen molar-refractivity contribution in [2.75, 3.05) is 6.61 Å². The zero-order chi connectivity index (χ0) is 14.2. The van der Waals surface area contributed by atoms with Gasteiger partial charge in [0.2, 0.25) is 5.76 Å². The van der Waals surface area contributed by atoms with E-state index in [0.717, 1.165) is 19.3 Å². The molecule has 0 spiro atoms. The SMILES string of the molecule is [C-]#[N+]/C(C(=O)OCCCCCC)=C(\O)C(F)(F)F.[Cu]. The number of halogens is 3. The first-order chi connectivity index (χ1) is 8.34. The molecule has 113 valence electrons. The summed E-state index contributed by atoms with van der Waals surface area (Å²) in [6, 6.07) is 0. The third kappa shape index (κ3) is 7.75. The number of unbranched alkanes of at least 4 members (excludes halogenated alkanes) is 3. The number of hydrogen-bond acceptors (Lipinski definition) is 3. The summed E-state index contributed by atoms with van der Waals surface area (Å²) in [6.45, 7) is 8.37. The molecule has 0 aliphatic heterocycles. The number of hydrogen-bond donors (Lipinski definition) is 1. The van der Waals surface area contributed by atoms with Gasteiger partial charge in [-0.15, -0.1) is 0 Å². The van der Waals surface area contributed by atoms with E-state index in [0.29, 0.717) is 6.42 Å². The van der Waals surface area contributed by atoms with Crippen molar-refractivity contribution in [3.05, 3.63) is 22.9 Å². The first-order valence-corrected chi connectivity index (χ1v) is 5.39. The number of esters is 1. The Morgan fingerprint density at radius 2 is 1.89 bits per heavy atom. The molecule has 0 aromatic rings. The summed E-state index contributed by atoms with van der Waals surface area (Å²) in [5, 5.41) is 8.70. The molecule has 1 N–H and O–H groups in total. The maximum absolute atomic E-state index is 12.1. The van der Waals surface area contributed by atoms with Crippen LogP contribution < -0.4 is 0 Å². The van der Waals surface area contributed by atoms with Gasteiger partial charge >= 0.3 is 17.8 Å². The second-order valence-corrected chi connectivity index (χ2v) is 3.50. The van der Waals surface area contributed by atoms with Crippen molar-refractivity contribution >= 4 is 5.97 Å². The second kappa shape index (κ2) is 9.70. The Morgan fingerprint density at radius 1 is 1.32 bits per heavy atom. The molecule has 8 heteroatoms. The maximum Gasteiger partial charge on any atom is 0.438 e. The van der Waals surface area contributed by atoms with E-state index in [1.54, 1.807) is 0 Å². The molecule has 0 rings (SSSR count). The number of allylic oxidation sites excluding steroid dienone is 1. The van der Waals surface area contributed by atoms with Crippen LogP contribution in [-0.4, -0.2) is 23.9 Å². The van der Waals surface area contributed by atoms with Crippen LogP contribution in [0.25, 0.3) is 4.85 Å². The molecule has 1 radical (unpaired) electrons. The number of aliphatic hydroxyl groups is 1. The van der Waals surface area contributed by atoms with Crippen LogP contribution >= 0.6 is 0 Å². The Bertz CT molecular complexity index is 361. The molecule has 4 nitrogen and oxygen atoms in total. The van der Waals surface area contributed by atoms with Crippen molar-refractivity contribution in [1.82, 2.24) is 0 Å². The van der Waals surface area contributed by atoms with Crippen LogP contribution in [-0.2, 0) is 26.6 Å². The van der Waals surface area contributed by atoms with E-state index in [1.807, 2.05) is 6.92 Å². The standard InChI is InChI=1S/C11H14F3NO3.Cu/c1-3-4-5-6-7-18-10(17)8(15-2)9(16)11(12,13)14;/h16H,3-7H2,1H3;/b9-8-;. The largest absolute Gasteiger partial charge is 0.515 e. The smallest absolute Gasteiger partial charge is 0.438 e. The Hall–Kier alpha value is -1.19. The summed E-state index contributed by atoms with van der Waals surface area (Å²) >= 11 is 0. The van der Waals surface area contributed by atoms with Crippen molar-refractivity contribution in [2.45, 2.75) is 38.8 Å². The molecule has 0 bridgehead atoms. The number of aliphatic hydroxyl groups excluding tert-OH is 1. The Balaban J connectivity index is 0. The van der Waals surface area contributed by atoms with Crippen LogP contribution in [0.15, 0.2) is 11.5 Å². The number of carbonyl (C=O) groups is 1. The van der Waals surface area contributed by atoms with Crippen molar-refractivity contribution < 1.29 is 44.9 Å². The molecule has 19 heavy (non-hydrogen) atoms. The predicted octanol–water partition coefficient (Wildman–Crippen LogP) is 3.36. The number of ether oxygens (including phenoxy) is 1. The van der Waals surface area contributed by atoms with E-state index in [4.69, 9.17) is 11.7 Å². The van der Waals surface area contributed by atoms with Crippen LogP contribution in [0.3, 0.4) is 0 Å². The molecule has 0 saturated heterocycles. The zero-order valence-corrected chi connectivity index (χ0v) is 11.1. The first kappa shape index (κ1) is 20.1. The average molecular weight is 329 g/mol. The Morgan fingerprint density at radius 3 is 2.32 bits per heavy atom. The minimum Gasteiger partial charge on any atom is -0.515 e. The van der Waals surface area contributed by atoms with E-state index in [9.17, 15) is 18.0 Å². The average Bonchev–Trinajstić information content (AvgIpc) is 2.28. The molecule has 0 atom stereocenters. The first-order valence-electron chi connectivity index (χ1n) is 5.39. The topological polar surface area (TPSA) is 50.9 Å². The minimum atomic E-state index is -5.12. The van der Waals surface area contributed by atoms with E-state index >= 15 is 0 Å². The summed E-state index contributed by atoms with van der Waals surface area (Å²) in [7, 11) is 0. The van der Waals surface area contributed by atoms with Gasteiger partial charge in [0.25, 0.3) is 0 Å². The molecule has 0 amide bonds. The van der Waals surface area contributed by atoms with Gasteiger partial charge < -0.3 is 9.84 Å². The van der Waals surface area contributed by atoms with Gasteiger partial charge in [0.1, 0.15) is 0 Å². The molecule has 0 aliphatic carbocycles. The summed E-state index contributed by atoms with van der Waals surface area (Å²) in [5.41, 5.74) is -1.43. The Labute approximate surface area is 119 Å². The van der Waals surface area contributed by atoms with E-state index in [2.05, 4.69) is 9.58 Å². The van der Waals surface area contributed by atoms with Gasteiger partial charge in [-0.25, -0.2) is 4.85 Å². The van der Waals surface area contributed by atoms with E-state index in [-0.39, 0.29) is 23.7 Å². The van der Waals surface area contributed by atoms with Gasteiger partial charge in [-0.2, -0.15) is 13.2 Å². The number of nitrogens with zero attached hydrogens (tertiary/aromatic N) is 1. The number of rotatable bonds is 6. The molecular weight excluding hydrogens is 315 g/mol. The zero-order valence-electron chi connectivity index (χ0n) is 10.2. The van der Waals surface area contributed by atoms with Crippen molar-refractivity contribution in [3.8, 4) is 0 Å². The molecule has 0 heterocycles. The van der Waals surface area contributed by atoms with E-state index < -0.39 is 23.6 Å². The summed E-state index contributed by atoms with van der Waals surface area (Å²) in [4.78, 5) is 13.5. The number of carbonyl (C=O) groups excluding carboxylic acids is 1. The van der Waals surface area contributed by atoms with Gasteiger partial charge in [0.15, 0.2) is 0 Å². The van der Waals surface area contributed by atoms with Gasteiger partial charge in [0, 0.05) is 17.1 Å². The quantitative estimate of drug-likeness (QED) is 0.203. The van der Waals surface area contributed by atoms with Crippen LogP contribution in [0.5, 0.6) is 0 Å². The van der Waals surface area contributed by atoms with Crippen LogP contribution in [0, 0.1) is 6.57 Å². The predicted molar refractivity (Wildman–Crippen MR) is 57.4 cm³/mol. The third-order valence-corrected chi connectivity index (χ3v) is 2.03. The fourth-order valence-electron chi connectivity index (χ4n) is 1.09. The van der Waals surface area contributed by atoms with Crippen molar-refractivity contribution in [1.29, 1.82) is 0 Å². The third-order valence-electron chi connectivity index (χ3n) is 2.03. The number of alkyl halides is 3. The van der Waals surface area contributed by atoms with Crippen molar-refractivity contribution in [2.24, 2.45) is 0 Å². The van der Waals surface area contributed by atoms with Crippen molar-refractivity contribution in [3.63, 3.8) is 0 Å². The molecule has 0 aromatic carbocycles. The fraction of sp³-hybridized carbons (Fsp3) is 0.636. The molecule has 0 saturated carbocycles. The normalized spacial score (nSPS) is 11.9.